The van der Waals surface area contributed by atoms with Gasteiger partial charge >= 0.3 is 5.97 Å². The smallest absolute Gasteiger partial charge is 0.326 e. The minimum Gasteiger partial charge on any atom is -0.480 e. The van der Waals surface area contributed by atoms with Crippen molar-refractivity contribution in [2.75, 3.05) is 56.4 Å². The van der Waals surface area contributed by atoms with Crippen LogP contribution >= 0.6 is 0 Å². The van der Waals surface area contributed by atoms with Crippen LogP contribution in [0.15, 0.2) is 48.7 Å². The van der Waals surface area contributed by atoms with Gasteiger partial charge in [0.2, 0.25) is 23.7 Å². The summed E-state index contributed by atoms with van der Waals surface area (Å²) in [4.78, 5) is 107. The van der Waals surface area contributed by atoms with Crippen molar-refractivity contribution in [3.8, 4) is 11.8 Å². The molecule has 4 aromatic rings. The number of piperidine rings is 1. The topological polar surface area (TPSA) is 304 Å². The molecule has 21 nitrogen and oxygen atoms in total. The molecule has 0 spiro atoms. The van der Waals surface area contributed by atoms with E-state index >= 15 is 0 Å². The van der Waals surface area contributed by atoms with Gasteiger partial charge in [-0.2, -0.15) is 9.97 Å². The van der Waals surface area contributed by atoms with Crippen LogP contribution in [-0.4, -0.2) is 123 Å². The number of ether oxygens (including phenoxy) is 2. The maximum atomic E-state index is 13.2. The molecule has 2 atom stereocenters. The number of hydrogen-bond acceptors (Lipinski definition) is 16. The number of imide groups is 2. The minimum atomic E-state index is -1.31. The number of aromatic nitrogens is 4. The average Bonchev–Trinajstić information content (AvgIpc) is 3.48. The summed E-state index contributed by atoms with van der Waals surface area (Å²) in [7, 11) is 1.81. The highest BCUT2D eigenvalue weighted by molar-refractivity contribution is 6.24. The zero-order valence-electron chi connectivity index (χ0n) is 32.8. The van der Waals surface area contributed by atoms with Crippen molar-refractivity contribution in [2.24, 2.45) is 0 Å². The second-order valence-electron chi connectivity index (χ2n) is 13.8. The van der Waals surface area contributed by atoms with E-state index in [1.807, 2.05) is 11.9 Å². The van der Waals surface area contributed by atoms with Crippen LogP contribution in [0.2, 0.25) is 0 Å². The SMILES string of the molecule is CN(Cc1cnc2nc(N)nc(N)c2n1)c1ccc(C(=O)N[C@@H](CCC(=O)NCCOCCOCC#Cc2cccc3c2C(=O)N(C2CCC(=O)NC2=O)C3=O)C(=O)O)cc1. The van der Waals surface area contributed by atoms with E-state index in [4.69, 9.17) is 20.9 Å². The first kappa shape index (κ1) is 43.0. The van der Waals surface area contributed by atoms with Crippen LogP contribution < -0.4 is 32.3 Å². The first-order valence-electron chi connectivity index (χ1n) is 19.0. The third kappa shape index (κ3) is 10.5. The number of anilines is 3. The predicted molar refractivity (Wildman–Crippen MR) is 215 cm³/mol. The number of nitrogens with two attached hydrogens (primary N) is 2. The molecular weight excluding hydrogens is 795 g/mol. The first-order valence-corrected chi connectivity index (χ1v) is 19.0. The number of carboxylic acid groups (broad SMARTS) is 1. The van der Waals surface area contributed by atoms with Gasteiger partial charge in [-0.1, -0.05) is 17.9 Å². The monoisotopic (exact) mass is 835 g/mol. The molecule has 2 aromatic heterocycles. The number of fused-ring (bicyclic) bond motifs is 2. The summed E-state index contributed by atoms with van der Waals surface area (Å²) in [5, 5.41) is 17.0. The fourth-order valence-corrected chi connectivity index (χ4v) is 6.48. The van der Waals surface area contributed by atoms with Crippen LogP contribution in [-0.2, 0) is 35.2 Å². The van der Waals surface area contributed by atoms with E-state index in [-0.39, 0.29) is 92.8 Å². The zero-order chi connectivity index (χ0) is 43.6. The van der Waals surface area contributed by atoms with Gasteiger partial charge in [-0.15, -0.1) is 0 Å². The summed E-state index contributed by atoms with van der Waals surface area (Å²) >= 11 is 0. The first-order chi connectivity index (χ1) is 29.3. The summed E-state index contributed by atoms with van der Waals surface area (Å²) in [5.74, 6) is 0.971. The predicted octanol–water partition coefficient (Wildman–Crippen LogP) is -0.214. The second kappa shape index (κ2) is 19.5. The van der Waals surface area contributed by atoms with Crippen LogP contribution in [0, 0.1) is 11.8 Å². The Morgan fingerprint density at radius 1 is 1.02 bits per heavy atom. The molecule has 61 heavy (non-hydrogen) atoms. The van der Waals surface area contributed by atoms with E-state index in [0.29, 0.717) is 23.3 Å². The van der Waals surface area contributed by atoms with Gasteiger partial charge in [0.15, 0.2) is 17.0 Å². The van der Waals surface area contributed by atoms with Gasteiger partial charge in [-0.25, -0.2) is 14.8 Å². The lowest BCUT2D eigenvalue weighted by Gasteiger charge is -2.27. The molecule has 2 aliphatic heterocycles. The maximum absolute atomic E-state index is 13.2. The van der Waals surface area contributed by atoms with Crippen molar-refractivity contribution in [1.29, 1.82) is 0 Å². The standard InChI is InChI=1S/C40H41N11O10/c1-50(21-24-20-44-34-32(45-24)33(41)48-40(42)49-34)25-9-7-23(8-10-25)35(54)46-27(39(58)59)11-13-29(52)43-15-17-61-19-18-60-16-3-5-22-4-2-6-26-31(22)38(57)51(37(26)56)28-12-14-30(53)47-36(28)55/h2,4,6-10,20,27-28H,11-19,21H2,1H3,(H,43,52)(H,46,54)(H,58,59)(H,47,53,55)(H4,41,42,44,48,49)/t27-,28?/m0/s1. The number of aliphatic carboxylic acids is 1. The largest absolute Gasteiger partial charge is 0.480 e. The lowest BCUT2D eigenvalue weighted by atomic mass is 10.0. The number of carboxylic acids is 1. The van der Waals surface area contributed by atoms with Crippen LogP contribution in [0.1, 0.15) is 68.0 Å². The Hall–Kier alpha value is -7.57. The molecule has 6 rings (SSSR count). The average molecular weight is 836 g/mol. The summed E-state index contributed by atoms with van der Waals surface area (Å²) in [6.07, 6.45) is 1.30. The highest BCUT2D eigenvalue weighted by Crippen LogP contribution is 2.29. The number of hydrogen-bond donors (Lipinski definition) is 6. The molecule has 0 saturated carbocycles. The van der Waals surface area contributed by atoms with Crippen molar-refractivity contribution < 1.29 is 48.1 Å². The van der Waals surface area contributed by atoms with Gasteiger partial charge in [-0.05, 0) is 49.2 Å². The Labute approximate surface area is 347 Å². The van der Waals surface area contributed by atoms with Crippen LogP contribution in [0.4, 0.5) is 17.5 Å². The van der Waals surface area contributed by atoms with E-state index in [0.717, 1.165) is 10.6 Å². The second-order valence-corrected chi connectivity index (χ2v) is 13.8. The summed E-state index contributed by atoms with van der Waals surface area (Å²) in [6.45, 7) is 0.966. The molecule has 0 bridgehead atoms. The number of benzene rings is 2. The van der Waals surface area contributed by atoms with Gasteiger partial charge in [0, 0.05) is 43.2 Å². The molecule has 316 valence electrons. The fourth-order valence-electron chi connectivity index (χ4n) is 6.48. The van der Waals surface area contributed by atoms with Crippen molar-refractivity contribution in [3.05, 3.63) is 76.6 Å². The molecule has 6 amide bonds. The molecule has 0 aliphatic carbocycles. The highest BCUT2D eigenvalue weighted by atomic mass is 16.5. The highest BCUT2D eigenvalue weighted by Gasteiger charge is 2.45. The van der Waals surface area contributed by atoms with Crippen LogP contribution in [0.25, 0.3) is 11.2 Å². The van der Waals surface area contributed by atoms with Crippen molar-refractivity contribution in [1.82, 2.24) is 40.8 Å². The minimum absolute atomic E-state index is 0.00365. The van der Waals surface area contributed by atoms with E-state index in [9.17, 15) is 38.7 Å². The lowest BCUT2D eigenvalue weighted by molar-refractivity contribution is -0.140. The van der Waals surface area contributed by atoms with E-state index in [2.05, 4.69) is 47.7 Å². The zero-order valence-corrected chi connectivity index (χ0v) is 32.8. The number of amides is 6. The molecule has 2 aromatic carbocycles. The third-order valence-corrected chi connectivity index (χ3v) is 9.54. The number of nitrogens with one attached hydrogen (secondary N) is 3. The Balaban J connectivity index is 0.860. The quantitative estimate of drug-likeness (QED) is 0.0455. The summed E-state index contributed by atoms with van der Waals surface area (Å²) in [5.41, 5.74) is 14.2. The van der Waals surface area contributed by atoms with Crippen molar-refractivity contribution in [3.63, 3.8) is 0 Å². The summed E-state index contributed by atoms with van der Waals surface area (Å²) in [6, 6.07) is 8.75. The molecule has 1 fully saturated rings. The molecule has 4 heterocycles. The number of carbonyl (C=O) groups excluding carboxylic acids is 6. The van der Waals surface area contributed by atoms with E-state index in [1.54, 1.807) is 42.6 Å². The number of carbonyl (C=O) groups is 7. The van der Waals surface area contributed by atoms with Crippen molar-refractivity contribution >= 4 is 70.0 Å². The number of nitrogen functional groups attached to an aromatic ring is 2. The number of rotatable bonds is 17. The van der Waals surface area contributed by atoms with Gasteiger partial charge in [0.25, 0.3) is 17.7 Å². The molecule has 1 saturated heterocycles. The fraction of sp³-hybridized carbons (Fsp3) is 0.325. The third-order valence-electron chi connectivity index (χ3n) is 9.54. The molecule has 0 radical (unpaired) electrons. The summed E-state index contributed by atoms with van der Waals surface area (Å²) < 4.78 is 10.9. The molecule has 8 N–H and O–H groups in total. The Kier molecular flexibility index (Phi) is 13.7. The normalized spacial score (nSPS) is 15.1. The van der Waals surface area contributed by atoms with E-state index < -0.39 is 53.5 Å². The molecule has 2 aliphatic rings. The van der Waals surface area contributed by atoms with Gasteiger partial charge in [0.1, 0.15) is 18.7 Å². The van der Waals surface area contributed by atoms with Crippen LogP contribution in [0.3, 0.4) is 0 Å². The molecular formula is C40H41N11O10. The molecule has 21 heteroatoms. The Bertz CT molecular complexity index is 2450. The van der Waals surface area contributed by atoms with Gasteiger partial charge in [-0.3, -0.25) is 39.0 Å². The van der Waals surface area contributed by atoms with Crippen molar-refractivity contribution in [2.45, 2.75) is 44.3 Å². The molecule has 1 unspecified atom stereocenters. The number of nitrogens with zero attached hydrogens (tertiary/aromatic N) is 6. The van der Waals surface area contributed by atoms with Gasteiger partial charge in [0.05, 0.1) is 49.4 Å². The maximum Gasteiger partial charge on any atom is 0.326 e. The van der Waals surface area contributed by atoms with Gasteiger partial charge < -0.3 is 41.6 Å². The van der Waals surface area contributed by atoms with Crippen LogP contribution in [0.5, 0.6) is 0 Å². The Morgan fingerprint density at radius 3 is 2.54 bits per heavy atom. The lowest BCUT2D eigenvalue weighted by Crippen LogP contribution is -2.54. The Morgan fingerprint density at radius 2 is 1.79 bits per heavy atom. The van der Waals surface area contributed by atoms with E-state index in [1.165, 1.54) is 6.07 Å².